The second kappa shape index (κ2) is 10.9. The van der Waals surface area contributed by atoms with E-state index in [4.69, 9.17) is 4.74 Å². The molecule has 0 unspecified atom stereocenters. The van der Waals surface area contributed by atoms with Crippen molar-refractivity contribution in [3.05, 3.63) is 29.8 Å². The van der Waals surface area contributed by atoms with Gasteiger partial charge in [0.15, 0.2) is 0 Å². The van der Waals surface area contributed by atoms with E-state index in [1.54, 1.807) is 7.05 Å². The van der Waals surface area contributed by atoms with Gasteiger partial charge >= 0.3 is 12.3 Å². The van der Waals surface area contributed by atoms with E-state index in [1.165, 1.54) is 55.6 Å². The minimum Gasteiger partial charge on any atom is -0.410 e. The first-order valence-corrected chi connectivity index (χ1v) is 10.4. The minimum absolute atomic E-state index is 0.119. The number of hydrogen-bond donors (Lipinski definition) is 0. The van der Waals surface area contributed by atoms with E-state index in [9.17, 15) is 18.0 Å². The van der Waals surface area contributed by atoms with Crippen LogP contribution in [0.15, 0.2) is 24.3 Å². The van der Waals surface area contributed by atoms with Crippen molar-refractivity contribution < 1.29 is 22.7 Å². The van der Waals surface area contributed by atoms with Gasteiger partial charge in [0, 0.05) is 13.6 Å². The third kappa shape index (κ3) is 8.25. The number of hydrogen-bond acceptors (Lipinski definition) is 3. The molecule has 7 heteroatoms. The Hall–Kier alpha value is -1.76. The van der Waals surface area contributed by atoms with Crippen molar-refractivity contribution in [2.24, 2.45) is 11.8 Å². The Labute approximate surface area is 172 Å². The van der Waals surface area contributed by atoms with Crippen molar-refractivity contribution >= 4 is 6.09 Å². The second-order valence-electron chi connectivity index (χ2n) is 8.43. The van der Waals surface area contributed by atoms with Crippen LogP contribution in [0.3, 0.4) is 0 Å². The first-order chi connectivity index (χ1) is 13.6. The Kier molecular flexibility index (Phi) is 8.80. The lowest BCUT2D eigenvalue weighted by Gasteiger charge is -2.29. The Balaban J connectivity index is 1.67. The van der Waals surface area contributed by atoms with Crippen LogP contribution in [0, 0.1) is 11.8 Å². The predicted molar refractivity (Wildman–Crippen MR) is 108 cm³/mol. The number of amides is 1. The molecule has 0 aliphatic heterocycles. The van der Waals surface area contributed by atoms with Gasteiger partial charge in [-0.15, -0.1) is 0 Å². The molecule has 0 heterocycles. The molecule has 1 amide bonds. The second-order valence-corrected chi connectivity index (χ2v) is 8.43. The number of alkyl halides is 3. The van der Waals surface area contributed by atoms with Crippen molar-refractivity contribution in [1.82, 2.24) is 9.80 Å². The number of benzene rings is 1. The molecule has 1 aliphatic carbocycles. The van der Waals surface area contributed by atoms with Crippen LogP contribution in [-0.4, -0.2) is 50.1 Å². The zero-order valence-electron chi connectivity index (χ0n) is 17.7. The van der Waals surface area contributed by atoms with Crippen LogP contribution < -0.4 is 4.74 Å². The summed E-state index contributed by atoms with van der Waals surface area (Å²) < 4.78 is 42.9. The monoisotopic (exact) mass is 414 g/mol. The summed E-state index contributed by atoms with van der Waals surface area (Å²) in [5.74, 6) is 1.57. The van der Waals surface area contributed by atoms with Gasteiger partial charge in [0.1, 0.15) is 5.75 Å². The normalized spacial score (nSPS) is 20.0. The van der Waals surface area contributed by atoms with Crippen molar-refractivity contribution in [1.29, 1.82) is 0 Å². The van der Waals surface area contributed by atoms with Gasteiger partial charge < -0.3 is 14.5 Å². The average molecular weight is 415 g/mol. The molecule has 1 aliphatic rings. The quantitative estimate of drug-likeness (QED) is 0.549. The van der Waals surface area contributed by atoms with Gasteiger partial charge in [0.25, 0.3) is 0 Å². The Bertz CT molecular complexity index is 624. The highest BCUT2D eigenvalue weighted by atomic mass is 19.4. The summed E-state index contributed by atoms with van der Waals surface area (Å²) in [6.45, 7) is 1.74. The summed E-state index contributed by atoms with van der Waals surface area (Å²) in [7, 11) is 5.88. The van der Waals surface area contributed by atoms with Crippen molar-refractivity contribution in [3.63, 3.8) is 0 Å². The van der Waals surface area contributed by atoms with E-state index in [1.807, 2.05) is 0 Å². The molecule has 1 saturated carbocycles. The van der Waals surface area contributed by atoms with Crippen molar-refractivity contribution in [2.75, 3.05) is 34.2 Å². The molecule has 4 nitrogen and oxygen atoms in total. The Morgan fingerprint density at radius 2 is 1.52 bits per heavy atom. The molecule has 0 spiro atoms. The molecule has 2 rings (SSSR count). The van der Waals surface area contributed by atoms with E-state index in [-0.39, 0.29) is 5.75 Å². The maximum absolute atomic E-state index is 12.6. The van der Waals surface area contributed by atoms with Gasteiger partial charge in [0.05, 0.1) is 5.56 Å². The lowest BCUT2D eigenvalue weighted by atomic mass is 9.78. The molecule has 1 aromatic rings. The third-order valence-corrected chi connectivity index (χ3v) is 5.76. The fourth-order valence-corrected chi connectivity index (χ4v) is 3.86. The molecule has 0 N–H and O–H groups in total. The number of halogens is 3. The summed E-state index contributed by atoms with van der Waals surface area (Å²) in [4.78, 5) is 15.9. The highest BCUT2D eigenvalue weighted by Crippen LogP contribution is 2.33. The zero-order chi connectivity index (χ0) is 21.4. The van der Waals surface area contributed by atoms with Gasteiger partial charge in [-0.05, 0) is 76.0 Å². The molecule has 1 aromatic carbocycles. The minimum atomic E-state index is -4.40. The summed E-state index contributed by atoms with van der Waals surface area (Å²) in [6.07, 6.45) is 3.47. The highest BCUT2D eigenvalue weighted by molar-refractivity contribution is 5.70. The lowest BCUT2D eigenvalue weighted by Crippen LogP contribution is -2.32. The van der Waals surface area contributed by atoms with Crippen LogP contribution in [-0.2, 0) is 6.18 Å². The summed E-state index contributed by atoms with van der Waals surface area (Å²) in [6, 6.07) is 4.18. The smallest absolute Gasteiger partial charge is 0.410 e. The average Bonchev–Trinajstić information content (AvgIpc) is 2.66. The van der Waals surface area contributed by atoms with Crippen molar-refractivity contribution in [2.45, 2.75) is 51.1 Å². The topological polar surface area (TPSA) is 32.8 Å². The molecule has 0 atom stereocenters. The van der Waals surface area contributed by atoms with Crippen LogP contribution in [0.25, 0.3) is 0 Å². The summed E-state index contributed by atoms with van der Waals surface area (Å²) in [5, 5.41) is 0. The van der Waals surface area contributed by atoms with Crippen LogP contribution in [0.4, 0.5) is 18.0 Å². The predicted octanol–water partition coefficient (Wildman–Crippen LogP) is 5.67. The molecule has 0 saturated heterocycles. The largest absolute Gasteiger partial charge is 0.416 e. The molecule has 0 bridgehead atoms. The number of ether oxygens (including phenoxy) is 1. The molecular weight excluding hydrogens is 381 g/mol. The van der Waals surface area contributed by atoms with Crippen LogP contribution >= 0.6 is 0 Å². The van der Waals surface area contributed by atoms with Crippen molar-refractivity contribution in [3.8, 4) is 5.75 Å². The van der Waals surface area contributed by atoms with Crippen LogP contribution in [0.1, 0.15) is 50.5 Å². The fourth-order valence-electron chi connectivity index (χ4n) is 3.86. The molecule has 0 radical (unpaired) electrons. The number of rotatable bonds is 8. The first-order valence-electron chi connectivity index (χ1n) is 10.4. The van der Waals surface area contributed by atoms with E-state index >= 15 is 0 Å². The maximum Gasteiger partial charge on any atom is 0.416 e. The van der Waals surface area contributed by atoms with Gasteiger partial charge in [-0.3, -0.25) is 0 Å². The molecular formula is C22H33F3N2O2. The number of nitrogens with zero attached hydrogens (tertiary/aromatic N) is 2. The Morgan fingerprint density at radius 1 is 0.966 bits per heavy atom. The zero-order valence-corrected chi connectivity index (χ0v) is 17.7. The standard InChI is InChI=1S/C22H33F3N2O2/c1-26(2)15-4-5-17-6-8-18(9-7-17)14-16-27(3)21(28)29-20-12-10-19(11-13-20)22(23,24)25/h10-13,17-18H,4-9,14-16H2,1-3H3/t17-,18-. The van der Waals surface area contributed by atoms with Crippen LogP contribution in [0.5, 0.6) is 5.75 Å². The first kappa shape index (κ1) is 23.5. The van der Waals surface area contributed by atoms with E-state index in [0.717, 1.165) is 31.0 Å². The SMILES string of the molecule is CN(C)CCC[C@H]1CC[C@H](CCN(C)C(=O)Oc2ccc(C(F)(F)F)cc2)CC1. The van der Waals surface area contributed by atoms with Crippen LogP contribution in [0.2, 0.25) is 0 Å². The molecule has 29 heavy (non-hydrogen) atoms. The van der Waals surface area contributed by atoms with Gasteiger partial charge in [-0.2, -0.15) is 13.2 Å². The summed E-state index contributed by atoms with van der Waals surface area (Å²) >= 11 is 0. The third-order valence-electron chi connectivity index (χ3n) is 5.76. The van der Waals surface area contributed by atoms with Gasteiger partial charge in [-0.1, -0.05) is 25.7 Å². The van der Waals surface area contributed by atoms with E-state index < -0.39 is 17.8 Å². The summed E-state index contributed by atoms with van der Waals surface area (Å²) in [5.41, 5.74) is -0.761. The maximum atomic E-state index is 12.6. The van der Waals surface area contributed by atoms with E-state index in [2.05, 4.69) is 19.0 Å². The fraction of sp³-hybridized carbons (Fsp3) is 0.682. The van der Waals surface area contributed by atoms with E-state index in [0.29, 0.717) is 12.5 Å². The number of carbonyl (C=O) groups excluding carboxylic acids is 1. The molecule has 0 aromatic heterocycles. The number of carbonyl (C=O) groups is 1. The molecule has 1 fully saturated rings. The lowest BCUT2D eigenvalue weighted by molar-refractivity contribution is -0.137. The Morgan fingerprint density at radius 3 is 2.03 bits per heavy atom. The van der Waals surface area contributed by atoms with Gasteiger partial charge in [0.2, 0.25) is 0 Å². The van der Waals surface area contributed by atoms with Gasteiger partial charge in [-0.25, -0.2) is 4.79 Å². The highest BCUT2D eigenvalue weighted by Gasteiger charge is 2.30. The molecule has 164 valence electrons.